The van der Waals surface area contributed by atoms with Crippen molar-refractivity contribution in [1.29, 1.82) is 0 Å². The van der Waals surface area contributed by atoms with Gasteiger partial charge in [-0.15, -0.1) is 0 Å². The number of benzene rings is 1. The summed E-state index contributed by atoms with van der Waals surface area (Å²) in [5.41, 5.74) is -0.493. The summed E-state index contributed by atoms with van der Waals surface area (Å²) < 4.78 is 42.9. The minimum Gasteiger partial charge on any atom is -0.388 e. The second-order valence-electron chi connectivity index (χ2n) is 6.20. The van der Waals surface area contributed by atoms with Crippen molar-refractivity contribution in [1.82, 2.24) is 9.36 Å². The van der Waals surface area contributed by atoms with Gasteiger partial charge in [0.05, 0.1) is 11.5 Å². The molecule has 1 aliphatic rings. The van der Waals surface area contributed by atoms with Crippen LogP contribution in [0.25, 0.3) is 11.4 Å². The van der Waals surface area contributed by atoms with Crippen LogP contribution >= 0.6 is 11.5 Å². The predicted molar refractivity (Wildman–Crippen MR) is 86.8 cm³/mol. The van der Waals surface area contributed by atoms with Crippen LogP contribution in [0, 0.1) is 5.92 Å². The van der Waals surface area contributed by atoms with Crippen molar-refractivity contribution >= 4 is 16.7 Å². The topological polar surface area (TPSA) is 58.0 Å². The van der Waals surface area contributed by atoms with Crippen molar-refractivity contribution in [3.63, 3.8) is 0 Å². The summed E-state index contributed by atoms with van der Waals surface area (Å²) in [6.45, 7) is 0.0446. The average molecular weight is 357 g/mol. The summed E-state index contributed by atoms with van der Waals surface area (Å²) in [5.74, 6) is -0.876. The van der Waals surface area contributed by atoms with Gasteiger partial charge >= 0.3 is 6.18 Å². The Kier molecular flexibility index (Phi) is 4.78. The maximum Gasteiger partial charge on any atom is 0.391 e. The van der Waals surface area contributed by atoms with E-state index in [4.69, 9.17) is 0 Å². The zero-order valence-corrected chi connectivity index (χ0v) is 13.7. The van der Waals surface area contributed by atoms with Gasteiger partial charge in [-0.05, 0) is 25.7 Å². The summed E-state index contributed by atoms with van der Waals surface area (Å²) in [7, 11) is 0. The maximum absolute atomic E-state index is 12.9. The van der Waals surface area contributed by atoms with E-state index in [2.05, 4.69) is 14.7 Å². The number of aromatic nitrogens is 2. The molecule has 0 radical (unpaired) electrons. The summed E-state index contributed by atoms with van der Waals surface area (Å²) in [6.07, 6.45) is -3.71. The van der Waals surface area contributed by atoms with Gasteiger partial charge in [-0.25, -0.2) is 0 Å². The van der Waals surface area contributed by atoms with Gasteiger partial charge in [0.1, 0.15) is 0 Å². The van der Waals surface area contributed by atoms with Crippen LogP contribution < -0.4 is 5.32 Å². The van der Waals surface area contributed by atoms with E-state index in [1.54, 1.807) is 0 Å². The number of rotatable bonds is 4. The van der Waals surface area contributed by atoms with E-state index in [0.29, 0.717) is 23.8 Å². The largest absolute Gasteiger partial charge is 0.391 e. The molecule has 0 aliphatic heterocycles. The number of anilines is 1. The van der Waals surface area contributed by atoms with Crippen LogP contribution in [0.2, 0.25) is 0 Å². The normalized spacial score (nSPS) is 24.8. The second kappa shape index (κ2) is 6.68. The van der Waals surface area contributed by atoms with Crippen LogP contribution in [-0.2, 0) is 0 Å². The van der Waals surface area contributed by atoms with Gasteiger partial charge < -0.3 is 10.4 Å². The fraction of sp³-hybridized carbons (Fsp3) is 0.500. The molecule has 3 rings (SSSR count). The molecule has 1 saturated carbocycles. The monoisotopic (exact) mass is 357 g/mol. The number of hydrogen-bond donors (Lipinski definition) is 2. The van der Waals surface area contributed by atoms with Gasteiger partial charge in [-0.3, -0.25) is 0 Å². The summed E-state index contributed by atoms with van der Waals surface area (Å²) in [4.78, 5) is 4.33. The van der Waals surface area contributed by atoms with Crippen LogP contribution in [0.5, 0.6) is 0 Å². The SMILES string of the molecule is OC1(CNc2nc(-c3ccccc3)ns2)CCCC(C(F)(F)F)C1. The Hall–Kier alpha value is -1.67. The molecule has 1 aliphatic carbocycles. The van der Waals surface area contributed by atoms with Crippen LogP contribution in [0.15, 0.2) is 30.3 Å². The zero-order valence-electron chi connectivity index (χ0n) is 12.9. The molecule has 0 bridgehead atoms. The molecule has 1 aromatic carbocycles. The molecule has 0 amide bonds. The van der Waals surface area contributed by atoms with Crippen molar-refractivity contribution in [2.45, 2.75) is 37.5 Å². The first-order valence-electron chi connectivity index (χ1n) is 7.78. The lowest BCUT2D eigenvalue weighted by atomic mass is 9.77. The van der Waals surface area contributed by atoms with Gasteiger partial charge in [0.25, 0.3) is 0 Å². The molecule has 1 fully saturated rings. The Morgan fingerprint density at radius 2 is 2.04 bits per heavy atom. The van der Waals surface area contributed by atoms with Gasteiger partial charge in [-0.2, -0.15) is 22.5 Å². The third-order valence-corrected chi connectivity index (χ3v) is 4.98. The average Bonchev–Trinajstić information content (AvgIpc) is 3.02. The lowest BCUT2D eigenvalue weighted by Crippen LogP contribution is -2.45. The molecule has 2 N–H and O–H groups in total. The van der Waals surface area contributed by atoms with E-state index in [-0.39, 0.29) is 19.4 Å². The number of aliphatic hydroxyl groups is 1. The lowest BCUT2D eigenvalue weighted by molar-refractivity contribution is -0.199. The highest BCUT2D eigenvalue weighted by Crippen LogP contribution is 2.41. The van der Waals surface area contributed by atoms with Gasteiger partial charge in [0.2, 0.25) is 5.13 Å². The van der Waals surface area contributed by atoms with Gasteiger partial charge in [-0.1, -0.05) is 30.3 Å². The molecule has 130 valence electrons. The van der Waals surface area contributed by atoms with E-state index in [0.717, 1.165) is 17.1 Å². The molecule has 0 saturated heterocycles. The summed E-state index contributed by atoms with van der Waals surface area (Å²) >= 11 is 1.13. The van der Waals surface area contributed by atoms with E-state index >= 15 is 0 Å². The Morgan fingerprint density at radius 1 is 1.29 bits per heavy atom. The maximum atomic E-state index is 12.9. The first-order valence-corrected chi connectivity index (χ1v) is 8.55. The first kappa shape index (κ1) is 17.2. The van der Waals surface area contributed by atoms with Crippen molar-refractivity contribution in [2.24, 2.45) is 5.92 Å². The number of alkyl halides is 3. The minimum atomic E-state index is -4.25. The standard InChI is InChI=1S/C16H18F3N3OS/c17-16(18,19)12-7-4-8-15(23,9-12)10-20-14-21-13(22-24-14)11-5-2-1-3-6-11/h1-3,5-6,12,23H,4,7-10H2,(H,20,21,22). The molecular weight excluding hydrogens is 339 g/mol. The Morgan fingerprint density at radius 3 is 2.75 bits per heavy atom. The fourth-order valence-corrected chi connectivity index (χ4v) is 3.60. The van der Waals surface area contributed by atoms with Crippen LogP contribution in [0.1, 0.15) is 25.7 Å². The smallest absolute Gasteiger partial charge is 0.388 e. The number of nitrogens with zero attached hydrogens (tertiary/aromatic N) is 2. The van der Waals surface area contributed by atoms with E-state index in [1.807, 2.05) is 30.3 Å². The Labute approximate surface area is 141 Å². The predicted octanol–water partition coefficient (Wildman–Crippen LogP) is 4.10. The van der Waals surface area contributed by atoms with Crippen LogP contribution in [0.4, 0.5) is 18.3 Å². The van der Waals surface area contributed by atoms with Crippen molar-refractivity contribution in [3.05, 3.63) is 30.3 Å². The molecule has 24 heavy (non-hydrogen) atoms. The number of nitrogens with one attached hydrogen (secondary N) is 1. The molecule has 2 atom stereocenters. The Balaban J connectivity index is 1.62. The first-order chi connectivity index (χ1) is 11.4. The van der Waals surface area contributed by atoms with Gasteiger partial charge in [0.15, 0.2) is 5.82 Å². The fourth-order valence-electron chi connectivity index (χ4n) is 3.02. The van der Waals surface area contributed by atoms with Gasteiger partial charge in [0, 0.05) is 23.6 Å². The Bertz CT molecular complexity index is 677. The molecular formula is C16H18F3N3OS. The minimum absolute atomic E-state index is 0.0446. The van der Waals surface area contributed by atoms with Crippen LogP contribution in [-0.4, -0.2) is 32.8 Å². The lowest BCUT2D eigenvalue weighted by Gasteiger charge is -2.37. The number of hydrogen-bond acceptors (Lipinski definition) is 5. The highest BCUT2D eigenvalue weighted by atomic mass is 32.1. The number of halogens is 3. The van der Waals surface area contributed by atoms with Crippen LogP contribution in [0.3, 0.4) is 0 Å². The molecule has 0 spiro atoms. The quantitative estimate of drug-likeness (QED) is 0.865. The molecule has 2 aromatic rings. The summed E-state index contributed by atoms with van der Waals surface area (Å²) in [5, 5.41) is 13.9. The summed E-state index contributed by atoms with van der Waals surface area (Å²) in [6, 6.07) is 9.42. The highest BCUT2D eigenvalue weighted by Gasteiger charge is 2.46. The molecule has 8 heteroatoms. The van der Waals surface area contributed by atoms with E-state index in [9.17, 15) is 18.3 Å². The highest BCUT2D eigenvalue weighted by molar-refractivity contribution is 7.09. The molecule has 1 aromatic heterocycles. The molecule has 4 nitrogen and oxygen atoms in total. The van der Waals surface area contributed by atoms with Crippen molar-refractivity contribution in [2.75, 3.05) is 11.9 Å². The van der Waals surface area contributed by atoms with Crippen molar-refractivity contribution in [3.8, 4) is 11.4 Å². The van der Waals surface area contributed by atoms with Crippen molar-refractivity contribution < 1.29 is 18.3 Å². The molecule has 2 unspecified atom stereocenters. The zero-order chi connectivity index (χ0) is 17.2. The molecule has 1 heterocycles. The second-order valence-corrected chi connectivity index (χ2v) is 6.95. The van der Waals surface area contributed by atoms with E-state index in [1.165, 1.54) is 0 Å². The third kappa shape index (κ3) is 4.05. The third-order valence-electron chi connectivity index (χ3n) is 4.31. The van der Waals surface area contributed by atoms with E-state index < -0.39 is 17.7 Å².